The van der Waals surface area contributed by atoms with E-state index >= 15 is 0 Å². The van der Waals surface area contributed by atoms with Gasteiger partial charge in [-0.15, -0.1) is 0 Å². The number of hydrogen-bond acceptors (Lipinski definition) is 9. The van der Waals surface area contributed by atoms with Crippen molar-refractivity contribution < 1.29 is 18.9 Å². The molecule has 10 heteroatoms. The van der Waals surface area contributed by atoms with Gasteiger partial charge in [0.2, 0.25) is 17.7 Å². The number of benzene rings is 3. The van der Waals surface area contributed by atoms with Crippen LogP contribution in [0.1, 0.15) is 22.3 Å². The minimum Gasteiger partial charge on any atom is -0.493 e. The van der Waals surface area contributed by atoms with Crippen molar-refractivity contribution in [1.82, 2.24) is 29.5 Å². The fraction of sp³-hybridized carbons (Fsp3) is 0.219. The van der Waals surface area contributed by atoms with Crippen molar-refractivity contribution in [3.8, 4) is 40.6 Å². The largest absolute Gasteiger partial charge is 0.493 e. The van der Waals surface area contributed by atoms with Crippen molar-refractivity contribution in [2.24, 2.45) is 0 Å². The Balaban J connectivity index is 0.000000276. The summed E-state index contributed by atoms with van der Waals surface area (Å²) in [5, 5.41) is 1.68. The summed E-state index contributed by atoms with van der Waals surface area (Å²) in [6.45, 7) is 0. The van der Waals surface area contributed by atoms with Gasteiger partial charge in [0.1, 0.15) is 6.33 Å². The predicted octanol–water partition coefficient (Wildman–Crippen LogP) is 7.06. The minimum atomic E-state index is 0. The van der Waals surface area contributed by atoms with E-state index in [1.165, 1.54) is 0 Å². The molecule has 0 aliphatic carbocycles. The van der Waals surface area contributed by atoms with Crippen molar-refractivity contribution in [3.63, 3.8) is 0 Å². The van der Waals surface area contributed by atoms with Crippen LogP contribution < -0.4 is 18.9 Å². The van der Waals surface area contributed by atoms with Crippen LogP contribution in [0.25, 0.3) is 39.1 Å². The summed E-state index contributed by atoms with van der Waals surface area (Å²) in [5.74, 6) is 3.43. The van der Waals surface area contributed by atoms with Crippen molar-refractivity contribution >= 4 is 21.8 Å². The molecular formula is C32H38N6O4. The second kappa shape index (κ2) is 14.9. The number of methoxy groups -OCH3 is 4. The first-order valence-corrected chi connectivity index (χ1v) is 12.0. The van der Waals surface area contributed by atoms with E-state index in [-0.39, 0.29) is 22.3 Å². The van der Waals surface area contributed by atoms with Crippen molar-refractivity contribution in [2.75, 3.05) is 28.4 Å². The standard InChI is InChI=1S/C15H12N2O.C14H14N4O3.3CH4/c1-18-15-12-9-5-6-10-13(12)16-14(17-15)11-7-3-2-4-8-11;1-19-11-6-9-10(7-12(11)20-2)16-14(17-13(9)21-3)18-5-4-15-8-18;;;/h2-10H,1H3;4-8H,1-3H3;3*1H4. The molecule has 0 amide bonds. The van der Waals surface area contributed by atoms with Crippen LogP contribution in [0.2, 0.25) is 0 Å². The first-order valence-electron chi connectivity index (χ1n) is 12.0. The molecule has 42 heavy (non-hydrogen) atoms. The van der Waals surface area contributed by atoms with Gasteiger partial charge >= 0.3 is 0 Å². The summed E-state index contributed by atoms with van der Waals surface area (Å²) in [5.41, 5.74) is 2.58. The zero-order valence-corrected chi connectivity index (χ0v) is 21.9. The number of fused-ring (bicyclic) bond motifs is 2. The summed E-state index contributed by atoms with van der Waals surface area (Å²) in [4.78, 5) is 21.9. The number of rotatable bonds is 6. The molecule has 220 valence electrons. The van der Waals surface area contributed by atoms with Crippen molar-refractivity contribution in [3.05, 3.63) is 85.5 Å². The van der Waals surface area contributed by atoms with Crippen LogP contribution in [-0.2, 0) is 0 Å². The molecule has 6 rings (SSSR count). The lowest BCUT2D eigenvalue weighted by Crippen LogP contribution is -2.02. The number of aromatic nitrogens is 6. The topological polar surface area (TPSA) is 106 Å². The van der Waals surface area contributed by atoms with Gasteiger partial charge in [0.25, 0.3) is 0 Å². The molecule has 0 spiro atoms. The van der Waals surface area contributed by atoms with Crippen molar-refractivity contribution in [2.45, 2.75) is 22.3 Å². The smallest absolute Gasteiger partial charge is 0.238 e. The van der Waals surface area contributed by atoms with E-state index in [1.54, 1.807) is 63.9 Å². The van der Waals surface area contributed by atoms with Crippen molar-refractivity contribution in [1.29, 1.82) is 0 Å². The lowest BCUT2D eigenvalue weighted by atomic mass is 10.2. The molecule has 0 aliphatic rings. The second-order valence-electron chi connectivity index (χ2n) is 8.17. The van der Waals surface area contributed by atoms with Gasteiger partial charge in [-0.3, -0.25) is 4.57 Å². The molecule has 0 N–H and O–H groups in total. The lowest BCUT2D eigenvalue weighted by Gasteiger charge is -2.11. The zero-order valence-electron chi connectivity index (χ0n) is 21.9. The normalized spacial score (nSPS) is 9.81. The summed E-state index contributed by atoms with van der Waals surface area (Å²) in [6, 6.07) is 21.3. The summed E-state index contributed by atoms with van der Waals surface area (Å²) < 4.78 is 23.0. The Labute approximate surface area is 247 Å². The van der Waals surface area contributed by atoms with E-state index in [0.29, 0.717) is 40.5 Å². The first-order chi connectivity index (χ1) is 19.1. The van der Waals surface area contributed by atoms with Gasteiger partial charge in [-0.25, -0.2) is 15.0 Å². The second-order valence-corrected chi connectivity index (χ2v) is 8.17. The monoisotopic (exact) mass is 570 g/mol. The average Bonchev–Trinajstić information content (AvgIpc) is 3.55. The maximum absolute atomic E-state index is 5.36. The van der Waals surface area contributed by atoms with Crippen LogP contribution in [0.5, 0.6) is 23.3 Å². The minimum absolute atomic E-state index is 0. The quantitative estimate of drug-likeness (QED) is 0.208. The Hall–Kier alpha value is -5.25. The molecule has 0 bridgehead atoms. The average molecular weight is 571 g/mol. The van der Waals surface area contributed by atoms with E-state index in [4.69, 9.17) is 18.9 Å². The molecule has 0 atom stereocenters. The highest BCUT2D eigenvalue weighted by atomic mass is 16.5. The Morgan fingerprint density at radius 3 is 1.88 bits per heavy atom. The molecule has 0 unspecified atom stereocenters. The molecule has 0 saturated heterocycles. The van der Waals surface area contributed by atoms with Gasteiger partial charge in [-0.2, -0.15) is 9.97 Å². The number of ether oxygens (including phenoxy) is 4. The Morgan fingerprint density at radius 2 is 1.24 bits per heavy atom. The van der Waals surface area contributed by atoms with Crippen LogP contribution in [0.15, 0.2) is 85.5 Å². The Kier molecular flexibility index (Phi) is 11.7. The molecule has 10 nitrogen and oxygen atoms in total. The highest BCUT2D eigenvalue weighted by molar-refractivity contribution is 5.87. The highest BCUT2D eigenvalue weighted by Gasteiger charge is 2.14. The summed E-state index contributed by atoms with van der Waals surface area (Å²) in [6.07, 6.45) is 5.05. The van der Waals surface area contributed by atoms with E-state index < -0.39 is 0 Å². The number of nitrogens with zero attached hydrogens (tertiary/aromatic N) is 6. The van der Waals surface area contributed by atoms with Gasteiger partial charge in [0, 0.05) is 24.0 Å². The van der Waals surface area contributed by atoms with E-state index in [1.807, 2.05) is 54.6 Å². The number of imidazole rings is 1. The molecule has 0 saturated carbocycles. The molecule has 0 fully saturated rings. The third-order valence-corrected chi connectivity index (χ3v) is 5.88. The van der Waals surface area contributed by atoms with Crippen LogP contribution in [0.4, 0.5) is 0 Å². The van der Waals surface area contributed by atoms with E-state index in [9.17, 15) is 0 Å². The maximum atomic E-state index is 5.36. The SMILES string of the molecule is C.C.C.COc1cc2nc(-n3ccnc3)nc(OC)c2cc1OC.COc1nc(-c2ccccc2)nc2ccccc12. The molecule has 3 aromatic heterocycles. The molecule has 6 aromatic rings. The third-order valence-electron chi connectivity index (χ3n) is 5.88. The summed E-state index contributed by atoms with van der Waals surface area (Å²) >= 11 is 0. The third kappa shape index (κ3) is 6.72. The first kappa shape index (κ1) is 33.0. The fourth-order valence-electron chi connectivity index (χ4n) is 3.98. The fourth-order valence-corrected chi connectivity index (χ4v) is 3.98. The van der Waals surface area contributed by atoms with Crippen LogP contribution >= 0.6 is 0 Å². The number of hydrogen-bond donors (Lipinski definition) is 0. The van der Waals surface area contributed by atoms with Crippen LogP contribution in [0, 0.1) is 0 Å². The van der Waals surface area contributed by atoms with E-state index in [2.05, 4.69) is 24.9 Å². The van der Waals surface area contributed by atoms with Gasteiger partial charge in [-0.05, 0) is 18.2 Å². The molecule has 3 aromatic carbocycles. The van der Waals surface area contributed by atoms with Crippen LogP contribution in [-0.4, -0.2) is 57.9 Å². The maximum Gasteiger partial charge on any atom is 0.238 e. The number of para-hydroxylation sites is 1. The van der Waals surface area contributed by atoms with E-state index in [0.717, 1.165) is 21.9 Å². The Morgan fingerprint density at radius 1 is 0.595 bits per heavy atom. The molecule has 0 aliphatic heterocycles. The lowest BCUT2D eigenvalue weighted by molar-refractivity contribution is 0.355. The zero-order chi connectivity index (χ0) is 27.2. The molecule has 0 radical (unpaired) electrons. The molecule has 3 heterocycles. The molecular weight excluding hydrogens is 532 g/mol. The van der Waals surface area contributed by atoms with Gasteiger partial charge in [-0.1, -0.05) is 64.7 Å². The van der Waals surface area contributed by atoms with Gasteiger partial charge in [0.15, 0.2) is 17.3 Å². The Bertz CT molecular complexity index is 1710. The summed E-state index contributed by atoms with van der Waals surface area (Å²) in [7, 11) is 6.36. The van der Waals surface area contributed by atoms with Gasteiger partial charge < -0.3 is 18.9 Å². The van der Waals surface area contributed by atoms with Gasteiger partial charge in [0.05, 0.1) is 50.2 Å². The predicted molar refractivity (Wildman–Crippen MR) is 168 cm³/mol. The highest BCUT2D eigenvalue weighted by Crippen LogP contribution is 2.35. The van der Waals surface area contributed by atoms with Crippen LogP contribution in [0.3, 0.4) is 0 Å².